The average molecular weight is 191 g/mol. The molecule has 1 aliphatic heterocycles. The molecule has 2 rings (SSSR count). The van der Waals surface area contributed by atoms with Crippen LogP contribution >= 0.6 is 0 Å². The van der Waals surface area contributed by atoms with Crippen LogP contribution in [0.2, 0.25) is 0 Å². The van der Waals surface area contributed by atoms with Crippen molar-refractivity contribution in [1.29, 1.82) is 0 Å². The van der Waals surface area contributed by atoms with E-state index < -0.39 is 6.10 Å². The summed E-state index contributed by atoms with van der Waals surface area (Å²) in [6.45, 7) is 1.71. The minimum atomic E-state index is -0.529. The van der Waals surface area contributed by atoms with E-state index in [1.807, 2.05) is 18.2 Å². The van der Waals surface area contributed by atoms with Gasteiger partial charge in [0.2, 0.25) is 5.91 Å². The molecule has 0 aromatic heterocycles. The first-order valence-electron chi connectivity index (χ1n) is 4.67. The highest BCUT2D eigenvalue weighted by molar-refractivity contribution is 6.01. The van der Waals surface area contributed by atoms with Crippen LogP contribution in [0.5, 0.6) is 0 Å². The lowest BCUT2D eigenvalue weighted by Gasteiger charge is -2.16. The molecule has 74 valence electrons. The van der Waals surface area contributed by atoms with Gasteiger partial charge in [0.15, 0.2) is 0 Å². The Bertz CT molecular complexity index is 385. The number of carbonyl (C=O) groups excluding carboxylic acids is 1. The summed E-state index contributed by atoms with van der Waals surface area (Å²) in [5.74, 6) is 0.0908. The number of fused-ring (bicyclic) bond motifs is 1. The Morgan fingerprint density at radius 2 is 2.21 bits per heavy atom. The molecule has 0 saturated heterocycles. The molecule has 14 heavy (non-hydrogen) atoms. The van der Waals surface area contributed by atoms with Crippen LogP contribution < -0.4 is 4.90 Å². The third-order valence-corrected chi connectivity index (χ3v) is 2.65. The molecule has 1 heterocycles. The van der Waals surface area contributed by atoms with Crippen molar-refractivity contribution in [3.8, 4) is 0 Å². The molecule has 0 radical (unpaired) electrons. The highest BCUT2D eigenvalue weighted by Gasteiger charge is 2.27. The van der Waals surface area contributed by atoms with Crippen molar-refractivity contribution in [1.82, 2.24) is 0 Å². The Morgan fingerprint density at radius 1 is 1.50 bits per heavy atom. The van der Waals surface area contributed by atoms with Crippen LogP contribution in [0.3, 0.4) is 0 Å². The van der Waals surface area contributed by atoms with E-state index in [0.717, 1.165) is 16.8 Å². The highest BCUT2D eigenvalue weighted by atomic mass is 16.3. The maximum absolute atomic E-state index is 11.5. The SMILES string of the molecule is CC(O)c1cccc2c1N(C)C(=O)C2. The van der Waals surface area contributed by atoms with Gasteiger partial charge in [-0.3, -0.25) is 4.79 Å². The fraction of sp³-hybridized carbons (Fsp3) is 0.364. The number of aliphatic hydroxyl groups excluding tert-OH is 1. The van der Waals surface area contributed by atoms with E-state index in [2.05, 4.69) is 0 Å². The van der Waals surface area contributed by atoms with Gasteiger partial charge in [-0.15, -0.1) is 0 Å². The number of benzene rings is 1. The van der Waals surface area contributed by atoms with Gasteiger partial charge in [0.05, 0.1) is 18.2 Å². The lowest BCUT2D eigenvalue weighted by molar-refractivity contribution is -0.117. The minimum Gasteiger partial charge on any atom is -0.389 e. The van der Waals surface area contributed by atoms with Gasteiger partial charge < -0.3 is 10.0 Å². The van der Waals surface area contributed by atoms with E-state index in [1.54, 1.807) is 18.9 Å². The maximum atomic E-state index is 11.5. The molecule has 1 atom stereocenters. The second-order valence-electron chi connectivity index (χ2n) is 3.66. The largest absolute Gasteiger partial charge is 0.389 e. The van der Waals surface area contributed by atoms with E-state index in [-0.39, 0.29) is 5.91 Å². The Hall–Kier alpha value is -1.35. The van der Waals surface area contributed by atoms with E-state index in [4.69, 9.17) is 0 Å². The number of nitrogens with zero attached hydrogens (tertiary/aromatic N) is 1. The smallest absolute Gasteiger partial charge is 0.231 e. The monoisotopic (exact) mass is 191 g/mol. The standard InChI is InChI=1S/C11H13NO2/c1-7(13)9-5-3-4-8-6-10(14)12(2)11(8)9/h3-5,7,13H,6H2,1-2H3. The third kappa shape index (κ3) is 1.21. The molecule has 3 nitrogen and oxygen atoms in total. The van der Waals surface area contributed by atoms with Gasteiger partial charge >= 0.3 is 0 Å². The van der Waals surface area contributed by atoms with Crippen molar-refractivity contribution in [2.24, 2.45) is 0 Å². The summed E-state index contributed by atoms with van der Waals surface area (Å²) >= 11 is 0. The fourth-order valence-corrected chi connectivity index (χ4v) is 1.91. The molecule has 0 saturated carbocycles. The summed E-state index contributed by atoms with van der Waals surface area (Å²) in [5, 5.41) is 9.55. The van der Waals surface area contributed by atoms with Crippen molar-refractivity contribution < 1.29 is 9.90 Å². The first kappa shape index (κ1) is 9.21. The van der Waals surface area contributed by atoms with Crippen LogP contribution in [0.25, 0.3) is 0 Å². The molecular weight excluding hydrogens is 178 g/mol. The second-order valence-corrected chi connectivity index (χ2v) is 3.66. The lowest BCUT2D eigenvalue weighted by atomic mass is 10.0. The topological polar surface area (TPSA) is 40.5 Å². The van der Waals surface area contributed by atoms with Crippen molar-refractivity contribution in [3.63, 3.8) is 0 Å². The Morgan fingerprint density at radius 3 is 2.86 bits per heavy atom. The van der Waals surface area contributed by atoms with Crippen molar-refractivity contribution >= 4 is 11.6 Å². The zero-order valence-corrected chi connectivity index (χ0v) is 8.32. The highest BCUT2D eigenvalue weighted by Crippen LogP contribution is 2.34. The van der Waals surface area contributed by atoms with E-state index in [1.165, 1.54) is 0 Å². The summed E-state index contributed by atoms with van der Waals surface area (Å²) in [7, 11) is 1.75. The number of carbonyl (C=O) groups is 1. The van der Waals surface area contributed by atoms with Gasteiger partial charge in [-0.25, -0.2) is 0 Å². The van der Waals surface area contributed by atoms with Crippen molar-refractivity contribution in [3.05, 3.63) is 29.3 Å². The molecule has 1 unspecified atom stereocenters. The van der Waals surface area contributed by atoms with Crippen LogP contribution in [0.1, 0.15) is 24.2 Å². The molecule has 1 amide bonds. The van der Waals surface area contributed by atoms with Gasteiger partial charge in [0.25, 0.3) is 0 Å². The molecule has 1 aliphatic rings. The summed E-state index contributed by atoms with van der Waals surface area (Å²) in [5.41, 5.74) is 2.72. The number of likely N-dealkylation sites (N-methyl/N-ethyl adjacent to an activating group) is 1. The van der Waals surface area contributed by atoms with Gasteiger partial charge in [-0.1, -0.05) is 18.2 Å². The summed E-state index contributed by atoms with van der Waals surface area (Å²) in [6.07, 6.45) is -0.0786. The predicted molar refractivity (Wildman–Crippen MR) is 54.2 cm³/mol. The van der Waals surface area contributed by atoms with Crippen molar-refractivity contribution in [2.75, 3.05) is 11.9 Å². The molecule has 3 heteroatoms. The number of aliphatic hydroxyl groups is 1. The molecule has 0 spiro atoms. The number of hydrogen-bond acceptors (Lipinski definition) is 2. The third-order valence-electron chi connectivity index (χ3n) is 2.65. The van der Waals surface area contributed by atoms with Crippen LogP contribution in [0.15, 0.2) is 18.2 Å². The number of anilines is 1. The van der Waals surface area contributed by atoms with Gasteiger partial charge in [-0.05, 0) is 12.5 Å². The average Bonchev–Trinajstić information content (AvgIpc) is 2.43. The van der Waals surface area contributed by atoms with E-state index in [0.29, 0.717) is 6.42 Å². The summed E-state index contributed by atoms with van der Waals surface area (Å²) < 4.78 is 0. The van der Waals surface area contributed by atoms with Crippen LogP contribution in [0.4, 0.5) is 5.69 Å². The predicted octanol–water partition coefficient (Wildman–Crippen LogP) is 1.26. The lowest BCUT2D eigenvalue weighted by Crippen LogP contribution is -2.21. The number of hydrogen-bond donors (Lipinski definition) is 1. The first-order chi connectivity index (χ1) is 6.61. The van der Waals surface area contributed by atoms with E-state index in [9.17, 15) is 9.90 Å². The molecule has 0 bridgehead atoms. The first-order valence-corrected chi connectivity index (χ1v) is 4.67. The van der Waals surface area contributed by atoms with Gasteiger partial charge in [-0.2, -0.15) is 0 Å². The second kappa shape index (κ2) is 3.10. The fourth-order valence-electron chi connectivity index (χ4n) is 1.91. The summed E-state index contributed by atoms with van der Waals surface area (Å²) in [4.78, 5) is 13.1. The van der Waals surface area contributed by atoms with Gasteiger partial charge in [0, 0.05) is 12.6 Å². The molecule has 0 aliphatic carbocycles. The molecular formula is C11H13NO2. The quantitative estimate of drug-likeness (QED) is 0.726. The molecule has 1 aromatic rings. The number of para-hydroxylation sites is 1. The van der Waals surface area contributed by atoms with Crippen LogP contribution in [0, 0.1) is 0 Å². The maximum Gasteiger partial charge on any atom is 0.231 e. The Labute approximate surface area is 83.0 Å². The summed E-state index contributed by atoms with van der Waals surface area (Å²) in [6, 6.07) is 5.68. The number of rotatable bonds is 1. The van der Waals surface area contributed by atoms with Crippen molar-refractivity contribution in [2.45, 2.75) is 19.4 Å². The Balaban J connectivity index is 2.58. The molecule has 1 aromatic carbocycles. The number of amides is 1. The van der Waals surface area contributed by atoms with Crippen LogP contribution in [-0.2, 0) is 11.2 Å². The molecule has 0 fully saturated rings. The molecule has 1 N–H and O–H groups in total. The zero-order valence-electron chi connectivity index (χ0n) is 8.32. The van der Waals surface area contributed by atoms with E-state index >= 15 is 0 Å². The van der Waals surface area contributed by atoms with Gasteiger partial charge in [0.1, 0.15) is 0 Å². The Kier molecular flexibility index (Phi) is 2.04. The van der Waals surface area contributed by atoms with Crippen LogP contribution in [-0.4, -0.2) is 18.1 Å². The normalized spacial score (nSPS) is 17.1. The zero-order chi connectivity index (χ0) is 10.3. The minimum absolute atomic E-state index is 0.0908.